The predicted molar refractivity (Wildman–Crippen MR) is 50.9 cm³/mol. The van der Waals surface area contributed by atoms with E-state index < -0.39 is 0 Å². The Morgan fingerprint density at radius 1 is 1.50 bits per heavy atom. The molecule has 0 aromatic heterocycles. The Bertz CT molecular complexity index is 161. The molecule has 1 heterocycles. The van der Waals surface area contributed by atoms with E-state index in [4.69, 9.17) is 5.73 Å². The molecular weight excluding hydrogens is 148 g/mol. The van der Waals surface area contributed by atoms with Crippen molar-refractivity contribution in [3.63, 3.8) is 0 Å². The second kappa shape index (κ2) is 3.00. The predicted octanol–water partition coefficient (Wildman–Crippen LogP) is 0.971. The molecule has 1 saturated heterocycles. The molecule has 2 fully saturated rings. The number of hydrogen-bond donors (Lipinski definition) is 2. The van der Waals surface area contributed by atoms with Gasteiger partial charge in [0.25, 0.3) is 0 Å². The van der Waals surface area contributed by atoms with Gasteiger partial charge in [-0.3, -0.25) is 0 Å². The van der Waals surface area contributed by atoms with Crippen molar-refractivity contribution in [3.8, 4) is 0 Å². The van der Waals surface area contributed by atoms with Crippen LogP contribution >= 0.6 is 0 Å². The largest absolute Gasteiger partial charge is 0.330 e. The molecule has 0 amide bonds. The van der Waals surface area contributed by atoms with Gasteiger partial charge in [-0.15, -0.1) is 0 Å². The molecule has 0 bridgehead atoms. The van der Waals surface area contributed by atoms with Crippen LogP contribution in [-0.2, 0) is 0 Å². The van der Waals surface area contributed by atoms with Crippen LogP contribution in [0.2, 0.25) is 0 Å². The average molecular weight is 168 g/mol. The lowest BCUT2D eigenvalue weighted by atomic mass is 9.88. The van der Waals surface area contributed by atoms with E-state index in [1.54, 1.807) is 0 Å². The Labute approximate surface area is 74.9 Å². The van der Waals surface area contributed by atoms with Gasteiger partial charge in [-0.1, -0.05) is 6.92 Å². The van der Waals surface area contributed by atoms with Crippen LogP contribution in [0.15, 0.2) is 0 Å². The first-order chi connectivity index (χ1) is 5.78. The summed E-state index contributed by atoms with van der Waals surface area (Å²) in [7, 11) is 0. The Hall–Kier alpha value is -0.0800. The molecule has 12 heavy (non-hydrogen) atoms. The minimum Gasteiger partial charge on any atom is -0.330 e. The number of nitrogens with two attached hydrogens (primary N) is 1. The Morgan fingerprint density at radius 3 is 2.75 bits per heavy atom. The number of hydrogen-bond acceptors (Lipinski definition) is 2. The second-order valence-electron chi connectivity index (χ2n) is 4.64. The molecule has 70 valence electrons. The number of rotatable bonds is 2. The third-order valence-electron chi connectivity index (χ3n) is 3.91. The van der Waals surface area contributed by atoms with Gasteiger partial charge in [0.2, 0.25) is 0 Å². The lowest BCUT2D eigenvalue weighted by Gasteiger charge is -2.25. The molecule has 0 radical (unpaired) electrons. The SMILES string of the molecule is CC(CN)C1CC12CCNCC2. The van der Waals surface area contributed by atoms with Crippen LogP contribution < -0.4 is 11.1 Å². The highest BCUT2D eigenvalue weighted by Crippen LogP contribution is 2.61. The molecule has 2 aliphatic rings. The summed E-state index contributed by atoms with van der Waals surface area (Å²) in [6.45, 7) is 5.64. The van der Waals surface area contributed by atoms with Crippen molar-refractivity contribution < 1.29 is 0 Å². The summed E-state index contributed by atoms with van der Waals surface area (Å²) in [4.78, 5) is 0. The van der Waals surface area contributed by atoms with Gasteiger partial charge in [-0.05, 0) is 56.1 Å². The number of piperidine rings is 1. The highest BCUT2D eigenvalue weighted by Gasteiger charge is 2.55. The molecular formula is C10H20N2. The van der Waals surface area contributed by atoms with E-state index in [1.807, 2.05) is 0 Å². The first kappa shape index (κ1) is 8.52. The number of nitrogens with one attached hydrogen (secondary N) is 1. The zero-order valence-corrected chi connectivity index (χ0v) is 7.97. The quantitative estimate of drug-likeness (QED) is 0.645. The van der Waals surface area contributed by atoms with E-state index in [9.17, 15) is 0 Å². The lowest BCUT2D eigenvalue weighted by Crippen LogP contribution is -2.31. The molecule has 1 aliphatic heterocycles. The third-order valence-corrected chi connectivity index (χ3v) is 3.91. The monoisotopic (exact) mass is 168 g/mol. The summed E-state index contributed by atoms with van der Waals surface area (Å²) in [5, 5.41) is 3.43. The van der Waals surface area contributed by atoms with Gasteiger partial charge < -0.3 is 11.1 Å². The zero-order valence-electron chi connectivity index (χ0n) is 7.97. The Morgan fingerprint density at radius 2 is 2.17 bits per heavy atom. The Balaban J connectivity index is 1.90. The van der Waals surface area contributed by atoms with E-state index in [0.29, 0.717) is 0 Å². The van der Waals surface area contributed by atoms with Gasteiger partial charge in [0.05, 0.1) is 0 Å². The smallest absolute Gasteiger partial charge is 0.00435 e. The fraction of sp³-hybridized carbons (Fsp3) is 1.00. The van der Waals surface area contributed by atoms with Crippen molar-refractivity contribution in [1.82, 2.24) is 5.32 Å². The van der Waals surface area contributed by atoms with Gasteiger partial charge in [0.15, 0.2) is 0 Å². The second-order valence-corrected chi connectivity index (χ2v) is 4.64. The maximum atomic E-state index is 5.69. The van der Waals surface area contributed by atoms with Gasteiger partial charge in [0, 0.05) is 0 Å². The Kier molecular flexibility index (Phi) is 2.13. The fourth-order valence-corrected chi connectivity index (χ4v) is 2.85. The van der Waals surface area contributed by atoms with Crippen molar-refractivity contribution in [2.75, 3.05) is 19.6 Å². The van der Waals surface area contributed by atoms with Gasteiger partial charge >= 0.3 is 0 Å². The lowest BCUT2D eigenvalue weighted by molar-refractivity contribution is 0.292. The summed E-state index contributed by atoms with van der Waals surface area (Å²) >= 11 is 0. The van der Waals surface area contributed by atoms with E-state index in [0.717, 1.165) is 23.8 Å². The van der Waals surface area contributed by atoms with Crippen molar-refractivity contribution in [3.05, 3.63) is 0 Å². The highest BCUT2D eigenvalue weighted by molar-refractivity contribution is 5.06. The van der Waals surface area contributed by atoms with Crippen LogP contribution in [0.1, 0.15) is 26.2 Å². The van der Waals surface area contributed by atoms with Crippen LogP contribution in [0, 0.1) is 17.3 Å². The van der Waals surface area contributed by atoms with Gasteiger partial charge in [-0.2, -0.15) is 0 Å². The summed E-state index contributed by atoms with van der Waals surface area (Å²) in [6.07, 6.45) is 4.23. The standard InChI is InChI=1S/C10H20N2/c1-8(7-11)9-6-10(9)2-4-12-5-3-10/h8-9,12H,2-7,11H2,1H3. The van der Waals surface area contributed by atoms with Crippen molar-refractivity contribution in [2.24, 2.45) is 23.0 Å². The van der Waals surface area contributed by atoms with E-state index in [2.05, 4.69) is 12.2 Å². The van der Waals surface area contributed by atoms with Gasteiger partial charge in [0.1, 0.15) is 0 Å². The molecule has 2 unspecified atom stereocenters. The normalized spacial score (nSPS) is 35.0. The van der Waals surface area contributed by atoms with E-state index in [1.165, 1.54) is 32.4 Å². The first-order valence-corrected chi connectivity index (χ1v) is 5.19. The van der Waals surface area contributed by atoms with Crippen LogP contribution in [0.5, 0.6) is 0 Å². The maximum absolute atomic E-state index is 5.69. The molecule has 1 aliphatic carbocycles. The summed E-state index contributed by atoms with van der Waals surface area (Å²) in [6, 6.07) is 0. The summed E-state index contributed by atoms with van der Waals surface area (Å²) in [5.41, 5.74) is 6.41. The van der Waals surface area contributed by atoms with Gasteiger partial charge in [-0.25, -0.2) is 0 Å². The van der Waals surface area contributed by atoms with Crippen LogP contribution in [0.4, 0.5) is 0 Å². The van der Waals surface area contributed by atoms with Crippen LogP contribution in [0.3, 0.4) is 0 Å². The third kappa shape index (κ3) is 1.27. The minimum absolute atomic E-state index is 0.726. The molecule has 1 spiro atoms. The van der Waals surface area contributed by atoms with Crippen molar-refractivity contribution in [1.29, 1.82) is 0 Å². The summed E-state index contributed by atoms with van der Waals surface area (Å²) in [5.74, 6) is 1.70. The summed E-state index contributed by atoms with van der Waals surface area (Å²) < 4.78 is 0. The molecule has 0 aromatic carbocycles. The molecule has 1 saturated carbocycles. The maximum Gasteiger partial charge on any atom is -0.00435 e. The molecule has 2 rings (SSSR count). The van der Waals surface area contributed by atoms with Crippen molar-refractivity contribution >= 4 is 0 Å². The van der Waals surface area contributed by atoms with Crippen LogP contribution in [-0.4, -0.2) is 19.6 Å². The highest BCUT2D eigenvalue weighted by atomic mass is 14.9. The van der Waals surface area contributed by atoms with E-state index in [-0.39, 0.29) is 0 Å². The first-order valence-electron chi connectivity index (χ1n) is 5.19. The molecule has 3 N–H and O–H groups in total. The molecule has 2 nitrogen and oxygen atoms in total. The minimum atomic E-state index is 0.726. The zero-order chi connectivity index (χ0) is 8.60. The van der Waals surface area contributed by atoms with Crippen molar-refractivity contribution in [2.45, 2.75) is 26.2 Å². The average Bonchev–Trinajstić information content (AvgIpc) is 2.80. The molecule has 0 aromatic rings. The van der Waals surface area contributed by atoms with Crippen LogP contribution in [0.25, 0.3) is 0 Å². The molecule has 2 atom stereocenters. The molecule has 2 heteroatoms. The topological polar surface area (TPSA) is 38.0 Å². The fourth-order valence-electron chi connectivity index (χ4n) is 2.85. The van der Waals surface area contributed by atoms with E-state index >= 15 is 0 Å².